The molecule has 1 aromatic rings. The van der Waals surface area contributed by atoms with Gasteiger partial charge in [-0.1, -0.05) is 32.4 Å². The monoisotopic (exact) mass is 353 g/mol. The van der Waals surface area contributed by atoms with E-state index in [0.29, 0.717) is 30.2 Å². The smallest absolute Gasteiger partial charge is 0.251 e. The quantitative estimate of drug-likeness (QED) is 0.652. The Labute approximate surface area is 147 Å². The summed E-state index contributed by atoms with van der Waals surface area (Å²) in [6.45, 7) is 6.37. The van der Waals surface area contributed by atoms with Gasteiger partial charge in [0.1, 0.15) is 0 Å². The summed E-state index contributed by atoms with van der Waals surface area (Å²) in [4.78, 5) is 35.1. The Hall–Kier alpha value is -2.08. The van der Waals surface area contributed by atoms with Gasteiger partial charge in [0.15, 0.2) is 0 Å². The second kappa shape index (κ2) is 9.27. The lowest BCUT2D eigenvalue weighted by Gasteiger charge is -2.17. The first-order chi connectivity index (χ1) is 11.2. The highest BCUT2D eigenvalue weighted by Crippen LogP contribution is 2.12. The summed E-state index contributed by atoms with van der Waals surface area (Å²) < 4.78 is 0. The summed E-state index contributed by atoms with van der Waals surface area (Å²) in [6, 6.07) is 6.55. The third-order valence-electron chi connectivity index (χ3n) is 3.16. The first kappa shape index (κ1) is 20.0. The van der Waals surface area contributed by atoms with Gasteiger partial charge in [-0.2, -0.15) is 0 Å². The molecule has 0 spiro atoms. The van der Waals surface area contributed by atoms with Crippen LogP contribution < -0.4 is 16.0 Å². The average molecular weight is 354 g/mol. The van der Waals surface area contributed by atoms with Gasteiger partial charge < -0.3 is 16.0 Å². The second-order valence-electron chi connectivity index (χ2n) is 6.37. The molecule has 0 unspecified atom stereocenters. The number of hydrogen-bond acceptors (Lipinski definition) is 3. The summed E-state index contributed by atoms with van der Waals surface area (Å²) in [7, 11) is 0. The van der Waals surface area contributed by atoms with E-state index in [1.165, 1.54) is 0 Å². The van der Waals surface area contributed by atoms with Crippen LogP contribution in [0.3, 0.4) is 0 Å². The van der Waals surface area contributed by atoms with Crippen molar-refractivity contribution in [3.8, 4) is 0 Å². The molecule has 3 amide bonds. The van der Waals surface area contributed by atoms with E-state index in [0.717, 1.165) is 0 Å². The molecule has 3 N–H and O–H groups in total. The van der Waals surface area contributed by atoms with Crippen LogP contribution in [-0.4, -0.2) is 37.4 Å². The summed E-state index contributed by atoms with van der Waals surface area (Å²) >= 11 is 5.76. The van der Waals surface area contributed by atoms with E-state index in [2.05, 4.69) is 16.0 Å². The van der Waals surface area contributed by atoms with Crippen molar-refractivity contribution < 1.29 is 14.4 Å². The van der Waals surface area contributed by atoms with Crippen molar-refractivity contribution in [3.63, 3.8) is 0 Å². The number of rotatable bonds is 7. The number of nitrogens with one attached hydrogen (secondary N) is 3. The zero-order valence-electron chi connectivity index (χ0n) is 14.2. The average Bonchev–Trinajstić information content (AvgIpc) is 2.51. The Morgan fingerprint density at radius 2 is 1.50 bits per heavy atom. The van der Waals surface area contributed by atoms with E-state index in [9.17, 15) is 14.4 Å². The molecule has 0 bridgehead atoms. The summed E-state index contributed by atoms with van der Waals surface area (Å²) in [5.41, 5.74) is 0.0400. The Bertz CT molecular complexity index is 580. The van der Waals surface area contributed by atoms with Crippen LogP contribution in [0.15, 0.2) is 24.3 Å². The van der Waals surface area contributed by atoms with Crippen molar-refractivity contribution in [2.45, 2.75) is 27.2 Å². The van der Waals surface area contributed by atoms with E-state index in [-0.39, 0.29) is 24.1 Å². The molecule has 0 saturated heterocycles. The standard InChI is InChI=1S/C17H24ClN3O3/c1-17(2,3)16(24)21-9-8-14(22)19-10-11-20-15(23)12-4-6-13(18)7-5-12/h4-7H,8-11H2,1-3H3,(H,19,22)(H,20,23)(H,21,24). The van der Waals surface area contributed by atoms with Gasteiger partial charge in [-0.25, -0.2) is 0 Å². The van der Waals surface area contributed by atoms with Gasteiger partial charge in [-0.15, -0.1) is 0 Å². The van der Waals surface area contributed by atoms with Crippen LogP contribution >= 0.6 is 11.6 Å². The molecule has 24 heavy (non-hydrogen) atoms. The van der Waals surface area contributed by atoms with Crippen LogP contribution in [0, 0.1) is 5.41 Å². The minimum absolute atomic E-state index is 0.0921. The minimum atomic E-state index is -0.470. The molecule has 0 radical (unpaired) electrons. The fourth-order valence-corrected chi connectivity index (χ4v) is 1.85. The first-order valence-electron chi connectivity index (χ1n) is 7.79. The molecule has 0 aliphatic heterocycles. The third kappa shape index (κ3) is 7.46. The fourth-order valence-electron chi connectivity index (χ4n) is 1.72. The lowest BCUT2D eigenvalue weighted by molar-refractivity contribution is -0.128. The summed E-state index contributed by atoms with van der Waals surface area (Å²) in [5.74, 6) is -0.492. The zero-order chi connectivity index (χ0) is 18.2. The number of benzene rings is 1. The Morgan fingerprint density at radius 3 is 2.08 bits per heavy atom. The lowest BCUT2D eigenvalue weighted by Crippen LogP contribution is -2.38. The molecule has 1 aromatic carbocycles. The molecular formula is C17H24ClN3O3. The molecule has 1 rings (SSSR count). The van der Waals surface area contributed by atoms with Crippen LogP contribution in [0.2, 0.25) is 5.02 Å². The fraction of sp³-hybridized carbons (Fsp3) is 0.471. The molecule has 132 valence electrons. The lowest BCUT2D eigenvalue weighted by atomic mass is 9.96. The van der Waals surface area contributed by atoms with Crippen LogP contribution in [0.4, 0.5) is 0 Å². The highest BCUT2D eigenvalue weighted by molar-refractivity contribution is 6.30. The number of carbonyl (C=O) groups is 3. The van der Waals surface area contributed by atoms with Gasteiger partial charge in [-0.3, -0.25) is 14.4 Å². The molecular weight excluding hydrogens is 330 g/mol. The maximum absolute atomic E-state index is 11.8. The molecule has 7 heteroatoms. The predicted octanol–water partition coefficient (Wildman–Crippen LogP) is 1.74. The van der Waals surface area contributed by atoms with E-state index < -0.39 is 5.41 Å². The molecule has 6 nitrogen and oxygen atoms in total. The molecule has 0 heterocycles. The number of halogens is 1. The van der Waals surface area contributed by atoms with Crippen LogP contribution in [0.25, 0.3) is 0 Å². The van der Waals surface area contributed by atoms with Crippen molar-refractivity contribution >= 4 is 29.3 Å². The first-order valence-corrected chi connectivity index (χ1v) is 8.16. The van der Waals surface area contributed by atoms with Crippen molar-refractivity contribution in [2.24, 2.45) is 5.41 Å². The largest absolute Gasteiger partial charge is 0.355 e. The molecule has 0 aliphatic rings. The van der Waals surface area contributed by atoms with Gasteiger partial charge in [-0.05, 0) is 24.3 Å². The van der Waals surface area contributed by atoms with Gasteiger partial charge in [0.05, 0.1) is 0 Å². The molecule has 0 aromatic heterocycles. The van der Waals surface area contributed by atoms with Gasteiger partial charge in [0.25, 0.3) is 5.91 Å². The second-order valence-corrected chi connectivity index (χ2v) is 6.81. The van der Waals surface area contributed by atoms with Gasteiger partial charge in [0.2, 0.25) is 11.8 Å². The summed E-state index contributed by atoms with van der Waals surface area (Å²) in [5, 5.41) is 8.66. The predicted molar refractivity (Wildman–Crippen MR) is 93.9 cm³/mol. The maximum atomic E-state index is 11.8. The normalized spacial score (nSPS) is 10.8. The minimum Gasteiger partial charge on any atom is -0.355 e. The maximum Gasteiger partial charge on any atom is 0.251 e. The molecule has 0 atom stereocenters. The SMILES string of the molecule is CC(C)(C)C(=O)NCCC(=O)NCCNC(=O)c1ccc(Cl)cc1. The molecule has 0 saturated carbocycles. The Kier molecular flexibility index (Phi) is 7.71. The third-order valence-corrected chi connectivity index (χ3v) is 3.41. The van der Waals surface area contributed by atoms with Crippen molar-refractivity contribution in [1.29, 1.82) is 0 Å². The Morgan fingerprint density at radius 1 is 0.917 bits per heavy atom. The molecule has 0 aliphatic carbocycles. The number of hydrogen-bond donors (Lipinski definition) is 3. The van der Waals surface area contributed by atoms with Gasteiger partial charge >= 0.3 is 0 Å². The Balaban J connectivity index is 2.16. The van der Waals surface area contributed by atoms with Crippen molar-refractivity contribution in [1.82, 2.24) is 16.0 Å². The highest BCUT2D eigenvalue weighted by Gasteiger charge is 2.20. The topological polar surface area (TPSA) is 87.3 Å². The van der Waals surface area contributed by atoms with Crippen molar-refractivity contribution in [2.75, 3.05) is 19.6 Å². The number of amides is 3. The van der Waals surface area contributed by atoms with E-state index in [4.69, 9.17) is 11.6 Å². The zero-order valence-corrected chi connectivity index (χ0v) is 15.0. The van der Waals surface area contributed by atoms with Crippen LogP contribution in [-0.2, 0) is 9.59 Å². The summed E-state index contributed by atoms with van der Waals surface area (Å²) in [6.07, 6.45) is 0.201. The van der Waals surface area contributed by atoms with E-state index in [1.807, 2.05) is 20.8 Å². The highest BCUT2D eigenvalue weighted by atomic mass is 35.5. The van der Waals surface area contributed by atoms with Crippen LogP contribution in [0.5, 0.6) is 0 Å². The van der Waals surface area contributed by atoms with Crippen LogP contribution in [0.1, 0.15) is 37.6 Å². The van der Waals surface area contributed by atoms with Gasteiger partial charge in [0, 0.05) is 42.1 Å². The molecule has 0 fully saturated rings. The number of carbonyl (C=O) groups excluding carboxylic acids is 3. The van der Waals surface area contributed by atoms with E-state index in [1.54, 1.807) is 24.3 Å². The van der Waals surface area contributed by atoms with E-state index >= 15 is 0 Å². The van der Waals surface area contributed by atoms with Crippen molar-refractivity contribution in [3.05, 3.63) is 34.9 Å².